The van der Waals surface area contributed by atoms with Gasteiger partial charge < -0.3 is 5.11 Å². The molecule has 13 heavy (non-hydrogen) atoms. The van der Waals surface area contributed by atoms with Crippen molar-refractivity contribution in [2.75, 3.05) is 0 Å². The number of aliphatic hydroxyl groups is 1. The number of hydrogen-bond acceptors (Lipinski definition) is 1. The Morgan fingerprint density at radius 2 is 2.23 bits per heavy atom. The van der Waals surface area contributed by atoms with E-state index in [0.717, 1.165) is 6.42 Å². The first kappa shape index (κ1) is 10.5. The van der Waals surface area contributed by atoms with E-state index < -0.39 is 0 Å². The lowest BCUT2D eigenvalue weighted by Gasteiger charge is -2.01. The second kappa shape index (κ2) is 5.98. The monoisotopic (exact) mass is 180 g/mol. The number of hydrogen-bond donors (Lipinski definition) is 1. The van der Waals surface area contributed by atoms with Gasteiger partial charge in [0.15, 0.2) is 0 Å². The van der Waals surface area contributed by atoms with Crippen molar-refractivity contribution < 1.29 is 5.11 Å². The van der Waals surface area contributed by atoms with Crippen LogP contribution in [-0.4, -0.2) is 11.2 Å². The summed E-state index contributed by atoms with van der Waals surface area (Å²) in [5.74, 6) is 0.483. The highest BCUT2D eigenvalue weighted by atomic mass is 16.3. The van der Waals surface area contributed by atoms with Crippen LogP contribution in [0.5, 0.6) is 0 Å². The lowest BCUT2D eigenvalue weighted by atomic mass is 10.1. The zero-order valence-corrected chi connectivity index (χ0v) is 8.45. The maximum absolute atomic E-state index is 9.22. The first-order valence-corrected chi connectivity index (χ1v) is 5.36. The topological polar surface area (TPSA) is 20.2 Å². The van der Waals surface area contributed by atoms with Gasteiger partial charge >= 0.3 is 0 Å². The smallest absolute Gasteiger partial charge is 0.0729 e. The van der Waals surface area contributed by atoms with Gasteiger partial charge in [-0.15, -0.1) is 0 Å². The van der Waals surface area contributed by atoms with E-state index in [9.17, 15) is 5.11 Å². The van der Waals surface area contributed by atoms with E-state index in [1.807, 2.05) is 6.08 Å². The number of unbranched alkanes of at least 4 members (excludes halogenated alkanes) is 3. The summed E-state index contributed by atoms with van der Waals surface area (Å²) in [6, 6.07) is 0. The third-order valence-corrected chi connectivity index (χ3v) is 2.45. The lowest BCUT2D eigenvalue weighted by Crippen LogP contribution is -1.99. The number of aliphatic hydroxyl groups excluding tert-OH is 1. The van der Waals surface area contributed by atoms with Crippen molar-refractivity contribution in [1.29, 1.82) is 0 Å². The van der Waals surface area contributed by atoms with Crippen LogP contribution in [0.2, 0.25) is 0 Å². The summed E-state index contributed by atoms with van der Waals surface area (Å²) in [7, 11) is 0. The van der Waals surface area contributed by atoms with Crippen LogP contribution >= 0.6 is 0 Å². The Kier molecular flexibility index (Phi) is 4.84. The standard InChI is InChI=1S/C12H20O/c1-2-3-4-5-6-7-11-8-9-12(13)10-11/h6-9,11-13H,2-5,10H2,1H3/b7-6-/t11-,12-/m0/s1. The van der Waals surface area contributed by atoms with Gasteiger partial charge in [0.25, 0.3) is 0 Å². The molecule has 0 bridgehead atoms. The van der Waals surface area contributed by atoms with Gasteiger partial charge in [0.05, 0.1) is 6.10 Å². The van der Waals surface area contributed by atoms with Gasteiger partial charge in [-0.3, -0.25) is 0 Å². The van der Waals surface area contributed by atoms with E-state index in [1.165, 1.54) is 25.7 Å². The maximum Gasteiger partial charge on any atom is 0.0729 e. The third-order valence-electron chi connectivity index (χ3n) is 2.45. The van der Waals surface area contributed by atoms with Crippen LogP contribution in [-0.2, 0) is 0 Å². The van der Waals surface area contributed by atoms with Crippen molar-refractivity contribution in [3.63, 3.8) is 0 Å². The molecule has 0 unspecified atom stereocenters. The Balaban J connectivity index is 2.07. The van der Waals surface area contributed by atoms with Gasteiger partial charge in [-0.2, -0.15) is 0 Å². The van der Waals surface area contributed by atoms with Crippen LogP contribution < -0.4 is 0 Å². The molecule has 0 aromatic heterocycles. The lowest BCUT2D eigenvalue weighted by molar-refractivity contribution is 0.216. The molecule has 74 valence electrons. The fraction of sp³-hybridized carbons (Fsp3) is 0.667. The van der Waals surface area contributed by atoms with Crippen molar-refractivity contribution >= 4 is 0 Å². The normalized spacial score (nSPS) is 27.5. The molecule has 0 aromatic rings. The molecule has 0 aliphatic heterocycles. The summed E-state index contributed by atoms with van der Waals surface area (Å²) in [5, 5.41) is 9.22. The Morgan fingerprint density at radius 3 is 2.85 bits per heavy atom. The van der Waals surface area contributed by atoms with Gasteiger partial charge in [-0.25, -0.2) is 0 Å². The molecule has 1 heteroatoms. The molecule has 1 nitrogen and oxygen atoms in total. The molecule has 0 aromatic carbocycles. The molecule has 0 amide bonds. The third kappa shape index (κ3) is 4.28. The minimum absolute atomic E-state index is 0.203. The fourth-order valence-electron chi connectivity index (χ4n) is 1.63. The highest BCUT2D eigenvalue weighted by Gasteiger charge is 2.12. The summed E-state index contributed by atoms with van der Waals surface area (Å²) >= 11 is 0. The minimum atomic E-state index is -0.203. The van der Waals surface area contributed by atoms with E-state index in [1.54, 1.807) is 0 Å². The van der Waals surface area contributed by atoms with Crippen molar-refractivity contribution in [3.8, 4) is 0 Å². The molecule has 2 atom stereocenters. The van der Waals surface area contributed by atoms with E-state index in [-0.39, 0.29) is 6.10 Å². The van der Waals surface area contributed by atoms with E-state index in [2.05, 4.69) is 25.2 Å². The molecule has 0 fully saturated rings. The van der Waals surface area contributed by atoms with Crippen LogP contribution in [0.3, 0.4) is 0 Å². The Bertz CT molecular complexity index is 182. The van der Waals surface area contributed by atoms with Gasteiger partial charge in [0.2, 0.25) is 0 Å². The highest BCUT2D eigenvalue weighted by molar-refractivity contribution is 5.09. The Morgan fingerprint density at radius 1 is 1.38 bits per heavy atom. The molecular formula is C12H20O. The fourth-order valence-corrected chi connectivity index (χ4v) is 1.63. The number of rotatable bonds is 5. The molecule has 1 aliphatic rings. The maximum atomic E-state index is 9.22. The van der Waals surface area contributed by atoms with E-state index in [4.69, 9.17) is 0 Å². The molecule has 0 radical (unpaired) electrons. The van der Waals surface area contributed by atoms with Crippen molar-refractivity contribution in [1.82, 2.24) is 0 Å². The molecule has 0 saturated carbocycles. The molecule has 1 aliphatic carbocycles. The van der Waals surface area contributed by atoms with Crippen molar-refractivity contribution in [2.45, 2.75) is 45.1 Å². The molecule has 1 rings (SSSR count). The van der Waals surface area contributed by atoms with Gasteiger partial charge in [0, 0.05) is 0 Å². The predicted octanol–water partition coefficient (Wildman–Crippen LogP) is 3.06. The highest BCUT2D eigenvalue weighted by Crippen LogP contribution is 2.19. The molecular weight excluding hydrogens is 160 g/mol. The average molecular weight is 180 g/mol. The number of allylic oxidation sites excluding steroid dienone is 3. The summed E-state index contributed by atoms with van der Waals surface area (Å²) in [6.07, 6.45) is 14.2. The summed E-state index contributed by atoms with van der Waals surface area (Å²) in [6.45, 7) is 2.22. The van der Waals surface area contributed by atoms with Crippen LogP contribution in [0.25, 0.3) is 0 Å². The van der Waals surface area contributed by atoms with Crippen LogP contribution in [0.15, 0.2) is 24.3 Å². The van der Waals surface area contributed by atoms with Gasteiger partial charge in [0.1, 0.15) is 0 Å². The van der Waals surface area contributed by atoms with Gasteiger partial charge in [-0.1, -0.05) is 44.1 Å². The summed E-state index contributed by atoms with van der Waals surface area (Å²) in [5.41, 5.74) is 0. The minimum Gasteiger partial charge on any atom is -0.389 e. The van der Waals surface area contributed by atoms with E-state index in [0.29, 0.717) is 5.92 Å². The first-order chi connectivity index (χ1) is 6.33. The molecule has 0 spiro atoms. The molecule has 1 N–H and O–H groups in total. The zero-order chi connectivity index (χ0) is 9.52. The second-order valence-electron chi connectivity index (χ2n) is 3.78. The molecule has 0 saturated heterocycles. The summed E-state index contributed by atoms with van der Waals surface area (Å²) < 4.78 is 0. The van der Waals surface area contributed by atoms with Crippen LogP contribution in [0, 0.1) is 5.92 Å². The Hall–Kier alpha value is -0.560. The zero-order valence-electron chi connectivity index (χ0n) is 8.45. The van der Waals surface area contributed by atoms with E-state index >= 15 is 0 Å². The van der Waals surface area contributed by atoms with Crippen LogP contribution in [0.4, 0.5) is 0 Å². The van der Waals surface area contributed by atoms with Crippen molar-refractivity contribution in [2.24, 2.45) is 5.92 Å². The second-order valence-corrected chi connectivity index (χ2v) is 3.78. The largest absolute Gasteiger partial charge is 0.389 e. The quantitative estimate of drug-likeness (QED) is 0.509. The Labute approximate surface area is 81.2 Å². The van der Waals surface area contributed by atoms with Crippen LogP contribution in [0.1, 0.15) is 39.0 Å². The summed E-state index contributed by atoms with van der Waals surface area (Å²) in [4.78, 5) is 0. The van der Waals surface area contributed by atoms with Gasteiger partial charge in [-0.05, 0) is 25.2 Å². The predicted molar refractivity (Wildman–Crippen MR) is 56.5 cm³/mol. The molecule has 0 heterocycles. The average Bonchev–Trinajstić information content (AvgIpc) is 2.51. The first-order valence-electron chi connectivity index (χ1n) is 5.36. The SMILES string of the molecule is CCCCC/C=C\[C@H]1C=C[C@H](O)C1. The van der Waals surface area contributed by atoms with Crippen molar-refractivity contribution in [3.05, 3.63) is 24.3 Å².